The van der Waals surface area contributed by atoms with Crippen molar-refractivity contribution < 1.29 is 19.7 Å². The Morgan fingerprint density at radius 2 is 1.93 bits per heavy atom. The number of rotatable bonds is 5. The summed E-state index contributed by atoms with van der Waals surface area (Å²) in [6, 6.07) is 8.04. The molecular formula is C25H30O4. The van der Waals surface area contributed by atoms with E-state index in [-0.39, 0.29) is 6.10 Å². The predicted molar refractivity (Wildman–Crippen MR) is 115 cm³/mol. The average molecular weight is 395 g/mol. The highest BCUT2D eigenvalue weighted by atomic mass is 16.5. The minimum Gasteiger partial charge on any atom is -0.478 e. The molecule has 0 amide bonds. The van der Waals surface area contributed by atoms with E-state index in [9.17, 15) is 9.90 Å². The number of carbonyl (C=O) groups is 1. The maximum atomic E-state index is 11.3. The number of ether oxygens (including phenoxy) is 1. The van der Waals surface area contributed by atoms with Crippen molar-refractivity contribution in [2.24, 2.45) is 5.41 Å². The van der Waals surface area contributed by atoms with Gasteiger partial charge in [-0.25, -0.2) is 4.79 Å². The van der Waals surface area contributed by atoms with Gasteiger partial charge in [0.25, 0.3) is 0 Å². The van der Waals surface area contributed by atoms with E-state index in [4.69, 9.17) is 9.84 Å². The lowest BCUT2D eigenvalue weighted by molar-refractivity contribution is -0.131. The quantitative estimate of drug-likeness (QED) is 0.336. The second kappa shape index (κ2) is 9.26. The molecule has 1 unspecified atom stereocenters. The van der Waals surface area contributed by atoms with Gasteiger partial charge < -0.3 is 14.9 Å². The zero-order chi connectivity index (χ0) is 21.7. The molecule has 2 atom stereocenters. The summed E-state index contributed by atoms with van der Waals surface area (Å²) in [5, 5.41) is 20.1. The van der Waals surface area contributed by atoms with Crippen molar-refractivity contribution in [2.45, 2.75) is 52.7 Å². The Morgan fingerprint density at radius 1 is 1.28 bits per heavy atom. The fraction of sp³-hybridized carbons (Fsp3) is 0.400. The van der Waals surface area contributed by atoms with Crippen LogP contribution in [0.5, 0.6) is 0 Å². The zero-order valence-corrected chi connectivity index (χ0v) is 17.8. The fourth-order valence-electron chi connectivity index (χ4n) is 3.54. The summed E-state index contributed by atoms with van der Waals surface area (Å²) in [6.07, 6.45) is 6.87. The highest BCUT2D eigenvalue weighted by molar-refractivity contribution is 5.81. The Kier molecular flexibility index (Phi) is 7.24. The zero-order valence-electron chi connectivity index (χ0n) is 17.8. The van der Waals surface area contributed by atoms with E-state index in [2.05, 4.69) is 11.8 Å². The summed E-state index contributed by atoms with van der Waals surface area (Å²) in [5.74, 6) is 5.14. The standard InChI is InChI=1S/C25H30O4/c1-18-8-10-21(11-9-18)7-6-14-29-22-16-20(3)25(28,24(4,5)17-22)13-12-19(2)15-23(26)27/h8-13,15-16,22,28H,14,17H2,1-5H3,(H,26,27)/b13-12+,19-15-/t22?,25-/m1/s1. The molecule has 0 fully saturated rings. The minimum atomic E-state index is -1.17. The minimum absolute atomic E-state index is 0.137. The molecular weight excluding hydrogens is 364 g/mol. The molecule has 2 rings (SSSR count). The number of aliphatic carboxylic acids is 1. The Hall–Kier alpha value is -2.61. The van der Waals surface area contributed by atoms with Crippen molar-refractivity contribution in [3.05, 3.63) is 70.8 Å². The topological polar surface area (TPSA) is 66.8 Å². The molecule has 0 heterocycles. The average Bonchev–Trinajstić information content (AvgIpc) is 2.62. The smallest absolute Gasteiger partial charge is 0.328 e. The van der Waals surface area contributed by atoms with Crippen molar-refractivity contribution >= 4 is 5.97 Å². The van der Waals surface area contributed by atoms with E-state index in [1.54, 1.807) is 19.1 Å². The van der Waals surface area contributed by atoms with Gasteiger partial charge in [0.1, 0.15) is 12.2 Å². The summed E-state index contributed by atoms with van der Waals surface area (Å²) in [4.78, 5) is 10.8. The molecule has 1 aromatic rings. The number of aliphatic hydroxyl groups is 1. The molecule has 0 spiro atoms. The molecule has 0 aromatic heterocycles. The predicted octanol–water partition coefficient (Wildman–Crippen LogP) is 4.43. The van der Waals surface area contributed by atoms with Crippen LogP contribution in [0.25, 0.3) is 0 Å². The first-order chi connectivity index (χ1) is 13.5. The van der Waals surface area contributed by atoms with Crippen molar-refractivity contribution in [3.63, 3.8) is 0 Å². The highest BCUT2D eigenvalue weighted by Crippen LogP contribution is 2.46. The van der Waals surface area contributed by atoms with Crippen LogP contribution in [-0.2, 0) is 9.53 Å². The van der Waals surface area contributed by atoms with E-state index in [1.807, 2.05) is 58.0 Å². The van der Waals surface area contributed by atoms with E-state index in [0.717, 1.165) is 17.2 Å². The molecule has 0 aliphatic heterocycles. The van der Waals surface area contributed by atoms with E-state index in [0.29, 0.717) is 18.6 Å². The lowest BCUT2D eigenvalue weighted by atomic mass is 9.64. The second-order valence-corrected chi connectivity index (χ2v) is 8.28. The van der Waals surface area contributed by atoms with Gasteiger partial charge in [-0.15, -0.1) is 0 Å². The molecule has 154 valence electrons. The molecule has 29 heavy (non-hydrogen) atoms. The maximum Gasteiger partial charge on any atom is 0.328 e. The normalized spacial score (nSPS) is 24.0. The van der Waals surface area contributed by atoms with Crippen LogP contribution < -0.4 is 0 Å². The van der Waals surface area contributed by atoms with Crippen molar-refractivity contribution in [1.29, 1.82) is 0 Å². The molecule has 1 aliphatic carbocycles. The third-order valence-corrected chi connectivity index (χ3v) is 5.37. The Bertz CT molecular complexity index is 891. The maximum absolute atomic E-state index is 11.3. The lowest BCUT2D eigenvalue weighted by Gasteiger charge is -2.46. The molecule has 0 bridgehead atoms. The first-order valence-corrected chi connectivity index (χ1v) is 9.72. The van der Waals surface area contributed by atoms with E-state index < -0.39 is 17.0 Å². The first-order valence-electron chi connectivity index (χ1n) is 9.72. The van der Waals surface area contributed by atoms with Gasteiger partial charge >= 0.3 is 5.97 Å². The first kappa shape index (κ1) is 22.7. The van der Waals surface area contributed by atoms with Crippen molar-refractivity contribution in [2.75, 3.05) is 6.61 Å². The Balaban J connectivity index is 2.09. The number of allylic oxidation sites excluding steroid dienone is 2. The largest absolute Gasteiger partial charge is 0.478 e. The SMILES string of the molecule is CC1=CC(OCC#Cc2ccc(C)cc2)CC(C)(C)[C@@]1(O)/C=C/C(C)=C\C(=O)O. The summed E-state index contributed by atoms with van der Waals surface area (Å²) in [7, 11) is 0. The summed E-state index contributed by atoms with van der Waals surface area (Å²) < 4.78 is 5.93. The number of carboxylic acids is 1. The van der Waals surface area contributed by atoms with Crippen LogP contribution in [0.4, 0.5) is 0 Å². The molecule has 0 radical (unpaired) electrons. The van der Waals surface area contributed by atoms with E-state index in [1.165, 1.54) is 5.56 Å². The molecule has 1 aromatic carbocycles. The van der Waals surface area contributed by atoms with Gasteiger partial charge in [-0.2, -0.15) is 0 Å². The van der Waals surface area contributed by atoms with Crippen LogP contribution in [-0.4, -0.2) is 34.5 Å². The Morgan fingerprint density at radius 3 is 2.52 bits per heavy atom. The van der Waals surface area contributed by atoms with E-state index >= 15 is 0 Å². The number of hydrogen-bond acceptors (Lipinski definition) is 3. The molecule has 4 nitrogen and oxygen atoms in total. The van der Waals surface area contributed by atoms with Gasteiger partial charge in [0, 0.05) is 17.1 Å². The number of hydrogen-bond donors (Lipinski definition) is 2. The summed E-state index contributed by atoms with van der Waals surface area (Å²) in [5.41, 5.74) is 1.85. The molecule has 0 saturated heterocycles. The molecule has 2 N–H and O–H groups in total. The monoisotopic (exact) mass is 394 g/mol. The van der Waals surface area contributed by atoms with Gasteiger partial charge in [-0.05, 0) is 56.5 Å². The van der Waals surface area contributed by atoms with Crippen LogP contribution in [0, 0.1) is 24.2 Å². The van der Waals surface area contributed by atoms with Crippen LogP contribution in [0.15, 0.2) is 59.7 Å². The van der Waals surface area contributed by atoms with Gasteiger partial charge in [0.2, 0.25) is 0 Å². The summed E-state index contributed by atoms with van der Waals surface area (Å²) in [6.45, 7) is 9.89. The number of benzene rings is 1. The van der Waals surface area contributed by atoms with Crippen LogP contribution in [0.1, 0.15) is 45.2 Å². The third-order valence-electron chi connectivity index (χ3n) is 5.37. The molecule has 4 heteroatoms. The molecule has 1 aliphatic rings. The molecule has 0 saturated carbocycles. The van der Waals surface area contributed by atoms with Crippen molar-refractivity contribution in [3.8, 4) is 11.8 Å². The van der Waals surface area contributed by atoms with Crippen LogP contribution >= 0.6 is 0 Å². The Labute approximate surface area is 173 Å². The second-order valence-electron chi connectivity index (χ2n) is 8.28. The van der Waals surface area contributed by atoms with Gasteiger partial charge in [0.05, 0.1) is 6.10 Å². The van der Waals surface area contributed by atoms with Gasteiger partial charge in [0.15, 0.2) is 0 Å². The number of aryl methyl sites for hydroxylation is 1. The van der Waals surface area contributed by atoms with Gasteiger partial charge in [-0.1, -0.05) is 55.5 Å². The lowest BCUT2D eigenvalue weighted by Crippen LogP contribution is -2.49. The van der Waals surface area contributed by atoms with Crippen molar-refractivity contribution in [1.82, 2.24) is 0 Å². The van der Waals surface area contributed by atoms with Gasteiger partial charge in [-0.3, -0.25) is 0 Å². The third kappa shape index (κ3) is 5.93. The highest BCUT2D eigenvalue weighted by Gasteiger charge is 2.47. The van der Waals surface area contributed by atoms with Crippen LogP contribution in [0.3, 0.4) is 0 Å². The van der Waals surface area contributed by atoms with Crippen LogP contribution in [0.2, 0.25) is 0 Å². The summed E-state index contributed by atoms with van der Waals surface area (Å²) >= 11 is 0. The number of carboxylic acid groups (broad SMARTS) is 1. The fourth-order valence-corrected chi connectivity index (χ4v) is 3.54.